The molecule has 1 amide bonds. The number of anilines is 1. The quantitative estimate of drug-likeness (QED) is 0.946. The number of hydrogen-bond donors (Lipinski definition) is 1. The number of thiophene rings is 1. The smallest absolute Gasteiger partial charge is 0.254 e. The second-order valence-corrected chi connectivity index (χ2v) is 6.99. The van der Waals surface area contributed by atoms with E-state index >= 15 is 0 Å². The summed E-state index contributed by atoms with van der Waals surface area (Å²) in [6.07, 6.45) is 0. The van der Waals surface area contributed by atoms with Crippen molar-refractivity contribution in [2.75, 3.05) is 12.8 Å². The molecule has 21 heavy (non-hydrogen) atoms. The molecule has 2 rings (SSSR count). The molecule has 2 heterocycles. The van der Waals surface area contributed by atoms with Gasteiger partial charge in [-0.3, -0.25) is 4.79 Å². The van der Waals surface area contributed by atoms with Gasteiger partial charge >= 0.3 is 0 Å². The molecule has 2 aromatic heterocycles. The van der Waals surface area contributed by atoms with Gasteiger partial charge in [-0.25, -0.2) is 4.98 Å². The first-order valence-corrected chi connectivity index (χ1v) is 7.76. The monoisotopic (exact) mass is 303 g/mol. The minimum atomic E-state index is -0.143. The van der Waals surface area contributed by atoms with Crippen LogP contribution in [0.3, 0.4) is 0 Å². The second kappa shape index (κ2) is 5.85. The highest BCUT2D eigenvalue weighted by Crippen LogP contribution is 2.23. The first-order chi connectivity index (χ1) is 9.77. The fourth-order valence-corrected chi connectivity index (χ4v) is 2.67. The molecule has 0 aliphatic rings. The summed E-state index contributed by atoms with van der Waals surface area (Å²) < 4.78 is 0. The third-order valence-corrected chi connectivity index (χ3v) is 3.94. The molecule has 0 atom stereocenters. The minimum absolute atomic E-state index is 0.0409. The average Bonchev–Trinajstić information content (AvgIpc) is 2.88. The zero-order chi connectivity index (χ0) is 15.6. The van der Waals surface area contributed by atoms with Crippen LogP contribution in [0.4, 0.5) is 5.82 Å². The number of aromatic nitrogens is 1. The molecule has 0 spiro atoms. The van der Waals surface area contributed by atoms with Crippen LogP contribution in [-0.2, 0) is 12.0 Å². The Labute approximate surface area is 129 Å². The number of pyridine rings is 1. The number of nitrogen functional groups attached to an aromatic ring is 1. The third kappa shape index (κ3) is 3.82. The SMILES string of the molecule is CN(Cc1ccsc1)C(=O)c1cc(N)nc(C(C)(C)C)c1. The standard InChI is InChI=1S/C16H21N3OS/c1-16(2,3)13-7-12(8-14(17)18-13)15(20)19(4)9-11-5-6-21-10-11/h5-8,10H,9H2,1-4H3,(H2,17,18). The largest absolute Gasteiger partial charge is 0.384 e. The summed E-state index contributed by atoms with van der Waals surface area (Å²) in [5, 5.41) is 4.06. The molecule has 0 aromatic carbocycles. The molecular formula is C16H21N3OS. The maximum absolute atomic E-state index is 12.5. The molecule has 2 aromatic rings. The summed E-state index contributed by atoms with van der Waals surface area (Å²) in [6.45, 7) is 6.75. The Balaban J connectivity index is 2.24. The van der Waals surface area contributed by atoms with E-state index in [0.29, 0.717) is 17.9 Å². The highest BCUT2D eigenvalue weighted by atomic mass is 32.1. The third-order valence-electron chi connectivity index (χ3n) is 3.21. The summed E-state index contributed by atoms with van der Waals surface area (Å²) in [5.41, 5.74) is 8.26. The highest BCUT2D eigenvalue weighted by molar-refractivity contribution is 7.07. The molecule has 2 N–H and O–H groups in total. The van der Waals surface area contributed by atoms with Crippen molar-refractivity contribution in [2.24, 2.45) is 0 Å². The van der Waals surface area contributed by atoms with Gasteiger partial charge in [0.05, 0.1) is 0 Å². The summed E-state index contributed by atoms with van der Waals surface area (Å²) in [5.74, 6) is 0.343. The second-order valence-electron chi connectivity index (χ2n) is 6.21. The van der Waals surface area contributed by atoms with Crippen LogP contribution in [-0.4, -0.2) is 22.8 Å². The highest BCUT2D eigenvalue weighted by Gasteiger charge is 2.20. The van der Waals surface area contributed by atoms with Crippen molar-refractivity contribution in [3.05, 3.63) is 45.8 Å². The van der Waals surface area contributed by atoms with E-state index in [2.05, 4.69) is 25.8 Å². The van der Waals surface area contributed by atoms with Gasteiger partial charge in [0.1, 0.15) is 5.82 Å². The van der Waals surface area contributed by atoms with Gasteiger partial charge in [-0.05, 0) is 34.5 Å². The summed E-state index contributed by atoms with van der Waals surface area (Å²) in [7, 11) is 1.80. The number of hydrogen-bond acceptors (Lipinski definition) is 4. The van der Waals surface area contributed by atoms with Crippen LogP contribution in [0.25, 0.3) is 0 Å². The van der Waals surface area contributed by atoms with Crippen LogP contribution in [0.5, 0.6) is 0 Å². The molecule has 5 heteroatoms. The lowest BCUT2D eigenvalue weighted by molar-refractivity contribution is 0.0785. The molecule has 4 nitrogen and oxygen atoms in total. The Morgan fingerprint density at radius 2 is 2.10 bits per heavy atom. The van der Waals surface area contributed by atoms with E-state index in [1.807, 2.05) is 22.9 Å². The molecule has 0 fully saturated rings. The van der Waals surface area contributed by atoms with Crippen molar-refractivity contribution in [3.8, 4) is 0 Å². The van der Waals surface area contributed by atoms with E-state index in [0.717, 1.165) is 11.3 Å². The van der Waals surface area contributed by atoms with Crippen LogP contribution in [0, 0.1) is 0 Å². The fourth-order valence-electron chi connectivity index (χ4n) is 2.01. The van der Waals surface area contributed by atoms with Crippen LogP contribution < -0.4 is 5.73 Å². The lowest BCUT2D eigenvalue weighted by Gasteiger charge is -2.21. The summed E-state index contributed by atoms with van der Waals surface area (Å²) >= 11 is 1.63. The van der Waals surface area contributed by atoms with E-state index in [-0.39, 0.29) is 11.3 Å². The zero-order valence-electron chi connectivity index (χ0n) is 12.9. The first kappa shape index (κ1) is 15.5. The maximum Gasteiger partial charge on any atom is 0.254 e. The Morgan fingerprint density at radius 3 is 2.67 bits per heavy atom. The van der Waals surface area contributed by atoms with Gasteiger partial charge in [-0.15, -0.1) is 0 Å². The topological polar surface area (TPSA) is 59.2 Å². The zero-order valence-corrected chi connectivity index (χ0v) is 13.7. The van der Waals surface area contributed by atoms with Gasteiger partial charge in [0, 0.05) is 30.3 Å². The molecule has 112 valence electrons. The van der Waals surface area contributed by atoms with Gasteiger partial charge < -0.3 is 10.6 Å². The van der Waals surface area contributed by atoms with Crippen molar-refractivity contribution < 1.29 is 4.79 Å². The van der Waals surface area contributed by atoms with Crippen molar-refractivity contribution in [1.29, 1.82) is 0 Å². The number of amides is 1. The normalized spacial score (nSPS) is 11.4. The molecular weight excluding hydrogens is 282 g/mol. The number of carbonyl (C=O) groups excluding carboxylic acids is 1. The van der Waals surface area contributed by atoms with Crippen molar-refractivity contribution >= 4 is 23.1 Å². The van der Waals surface area contributed by atoms with E-state index in [9.17, 15) is 4.79 Å². The van der Waals surface area contributed by atoms with Gasteiger partial charge in [0.25, 0.3) is 5.91 Å². The molecule has 0 aliphatic carbocycles. The van der Waals surface area contributed by atoms with Gasteiger partial charge in [-0.2, -0.15) is 11.3 Å². The Kier molecular flexibility index (Phi) is 4.32. The Bertz CT molecular complexity index is 629. The lowest BCUT2D eigenvalue weighted by atomic mass is 9.90. The molecule has 0 aliphatic heterocycles. The summed E-state index contributed by atoms with van der Waals surface area (Å²) in [4.78, 5) is 18.6. The number of nitrogens with two attached hydrogens (primary N) is 1. The minimum Gasteiger partial charge on any atom is -0.384 e. The average molecular weight is 303 g/mol. The van der Waals surface area contributed by atoms with Crippen LogP contribution in [0.2, 0.25) is 0 Å². The van der Waals surface area contributed by atoms with Crippen LogP contribution in [0.1, 0.15) is 42.4 Å². The molecule has 0 saturated heterocycles. The van der Waals surface area contributed by atoms with Crippen molar-refractivity contribution in [2.45, 2.75) is 32.7 Å². The van der Waals surface area contributed by atoms with E-state index in [4.69, 9.17) is 5.73 Å². The molecule has 0 unspecified atom stereocenters. The molecule has 0 bridgehead atoms. The number of rotatable bonds is 3. The van der Waals surface area contributed by atoms with E-state index in [1.54, 1.807) is 29.4 Å². The maximum atomic E-state index is 12.5. The van der Waals surface area contributed by atoms with Gasteiger partial charge in [-0.1, -0.05) is 20.8 Å². The molecule has 0 radical (unpaired) electrons. The van der Waals surface area contributed by atoms with Crippen molar-refractivity contribution in [3.63, 3.8) is 0 Å². The first-order valence-electron chi connectivity index (χ1n) is 6.82. The van der Waals surface area contributed by atoms with E-state index < -0.39 is 0 Å². The fraction of sp³-hybridized carbons (Fsp3) is 0.375. The van der Waals surface area contributed by atoms with E-state index in [1.165, 1.54) is 0 Å². The number of nitrogens with zero attached hydrogens (tertiary/aromatic N) is 2. The van der Waals surface area contributed by atoms with Crippen LogP contribution >= 0.6 is 11.3 Å². The Morgan fingerprint density at radius 1 is 1.38 bits per heavy atom. The van der Waals surface area contributed by atoms with Gasteiger partial charge in [0.2, 0.25) is 0 Å². The van der Waals surface area contributed by atoms with Gasteiger partial charge in [0.15, 0.2) is 0 Å². The predicted octanol–water partition coefficient (Wildman–Crippen LogP) is 3.30. The Hall–Kier alpha value is -1.88. The number of carbonyl (C=O) groups is 1. The molecule has 0 saturated carbocycles. The van der Waals surface area contributed by atoms with Crippen LogP contribution in [0.15, 0.2) is 29.0 Å². The summed E-state index contributed by atoms with van der Waals surface area (Å²) in [6, 6.07) is 5.50. The predicted molar refractivity (Wildman–Crippen MR) is 87.5 cm³/mol. The van der Waals surface area contributed by atoms with Crippen molar-refractivity contribution in [1.82, 2.24) is 9.88 Å². The lowest BCUT2D eigenvalue weighted by Crippen LogP contribution is -2.27.